The van der Waals surface area contributed by atoms with Crippen LogP contribution in [0.5, 0.6) is 0 Å². The van der Waals surface area contributed by atoms with Crippen molar-refractivity contribution in [3.63, 3.8) is 0 Å². The van der Waals surface area contributed by atoms with Crippen LogP contribution in [0, 0.1) is 19.7 Å². The van der Waals surface area contributed by atoms with Crippen molar-refractivity contribution >= 4 is 11.6 Å². The maximum Gasteiger partial charge on any atom is 0.234 e. The zero-order valence-electron chi connectivity index (χ0n) is 16.2. The van der Waals surface area contributed by atoms with E-state index in [2.05, 4.69) is 47.2 Å². The van der Waals surface area contributed by atoms with Gasteiger partial charge in [-0.3, -0.25) is 9.69 Å². The van der Waals surface area contributed by atoms with Crippen LogP contribution < -0.4 is 10.2 Å². The van der Waals surface area contributed by atoms with Crippen LogP contribution in [0.2, 0.25) is 0 Å². The van der Waals surface area contributed by atoms with Gasteiger partial charge in [-0.05, 0) is 49.1 Å². The summed E-state index contributed by atoms with van der Waals surface area (Å²) in [5.74, 6) is -0.208. The maximum absolute atomic E-state index is 13.6. The number of anilines is 1. The molecule has 1 amide bonds. The number of aryl methyl sites for hydroxylation is 1. The third kappa shape index (κ3) is 5.07. The highest BCUT2D eigenvalue weighted by Gasteiger charge is 2.20. The molecule has 2 aromatic rings. The van der Waals surface area contributed by atoms with Gasteiger partial charge in [-0.1, -0.05) is 30.3 Å². The van der Waals surface area contributed by atoms with Gasteiger partial charge in [-0.15, -0.1) is 0 Å². The molecule has 1 heterocycles. The fourth-order valence-corrected chi connectivity index (χ4v) is 3.52. The van der Waals surface area contributed by atoms with Gasteiger partial charge >= 0.3 is 0 Å². The summed E-state index contributed by atoms with van der Waals surface area (Å²) in [4.78, 5) is 16.8. The summed E-state index contributed by atoms with van der Waals surface area (Å²) in [5, 5.41) is 2.90. The molecule has 0 atom stereocenters. The Labute approximate surface area is 161 Å². The molecule has 1 fully saturated rings. The fraction of sp³-hybridized carbons (Fsp3) is 0.409. The van der Waals surface area contributed by atoms with E-state index < -0.39 is 0 Å². The summed E-state index contributed by atoms with van der Waals surface area (Å²) >= 11 is 0. The number of nitrogens with one attached hydrogen (secondary N) is 1. The summed E-state index contributed by atoms with van der Waals surface area (Å²) in [5.41, 5.74) is 4.57. The summed E-state index contributed by atoms with van der Waals surface area (Å²) in [6.45, 7) is 8.75. The third-order valence-corrected chi connectivity index (χ3v) is 5.33. The number of hydrogen-bond acceptors (Lipinski definition) is 3. The average Bonchev–Trinajstić information content (AvgIpc) is 2.66. The number of piperazine rings is 1. The monoisotopic (exact) mass is 369 g/mol. The van der Waals surface area contributed by atoms with Gasteiger partial charge in [0.2, 0.25) is 5.91 Å². The molecule has 0 aromatic heterocycles. The van der Waals surface area contributed by atoms with Crippen molar-refractivity contribution in [2.24, 2.45) is 0 Å². The van der Waals surface area contributed by atoms with Gasteiger partial charge in [-0.2, -0.15) is 0 Å². The molecule has 1 aliphatic heterocycles. The Bertz CT molecular complexity index is 785. The molecule has 0 bridgehead atoms. The van der Waals surface area contributed by atoms with Gasteiger partial charge in [0, 0.05) is 38.4 Å². The molecular weight excluding hydrogens is 341 g/mol. The first-order valence-corrected chi connectivity index (χ1v) is 9.58. The second kappa shape index (κ2) is 9.00. The number of hydrogen-bond donors (Lipinski definition) is 1. The fourth-order valence-electron chi connectivity index (χ4n) is 3.52. The number of nitrogens with zero attached hydrogens (tertiary/aromatic N) is 2. The van der Waals surface area contributed by atoms with Crippen LogP contribution in [-0.4, -0.2) is 50.1 Å². The number of carbonyl (C=O) groups is 1. The molecule has 3 rings (SSSR count). The zero-order valence-corrected chi connectivity index (χ0v) is 16.2. The van der Waals surface area contributed by atoms with Gasteiger partial charge in [0.1, 0.15) is 5.82 Å². The lowest BCUT2D eigenvalue weighted by Gasteiger charge is -2.36. The second-order valence-corrected chi connectivity index (χ2v) is 7.17. The number of benzene rings is 2. The molecule has 0 unspecified atom stereocenters. The molecule has 0 saturated carbocycles. The minimum Gasteiger partial charge on any atom is -0.369 e. The van der Waals surface area contributed by atoms with Crippen molar-refractivity contribution in [3.8, 4) is 0 Å². The molecule has 4 nitrogen and oxygen atoms in total. The van der Waals surface area contributed by atoms with Crippen LogP contribution in [0.1, 0.15) is 16.7 Å². The van der Waals surface area contributed by atoms with E-state index >= 15 is 0 Å². The van der Waals surface area contributed by atoms with Crippen LogP contribution >= 0.6 is 0 Å². The van der Waals surface area contributed by atoms with Gasteiger partial charge in [-0.25, -0.2) is 4.39 Å². The first-order chi connectivity index (χ1) is 13.0. The van der Waals surface area contributed by atoms with E-state index in [1.54, 1.807) is 12.1 Å². The first kappa shape index (κ1) is 19.4. The van der Waals surface area contributed by atoms with Crippen LogP contribution in [-0.2, 0) is 11.2 Å². The highest BCUT2D eigenvalue weighted by atomic mass is 19.1. The Balaban J connectivity index is 1.42. The van der Waals surface area contributed by atoms with E-state index in [0.717, 1.165) is 26.2 Å². The van der Waals surface area contributed by atoms with Crippen LogP contribution in [0.3, 0.4) is 0 Å². The number of carbonyl (C=O) groups excluding carboxylic acids is 1. The van der Waals surface area contributed by atoms with E-state index in [0.29, 0.717) is 25.1 Å². The van der Waals surface area contributed by atoms with Crippen molar-refractivity contribution in [2.75, 3.05) is 44.2 Å². The summed E-state index contributed by atoms with van der Waals surface area (Å²) in [7, 11) is 0. The van der Waals surface area contributed by atoms with E-state index in [1.165, 1.54) is 22.9 Å². The molecule has 2 aromatic carbocycles. The Morgan fingerprint density at radius 2 is 1.78 bits per heavy atom. The van der Waals surface area contributed by atoms with Crippen LogP contribution in [0.25, 0.3) is 0 Å². The second-order valence-electron chi connectivity index (χ2n) is 7.17. The predicted octanol–water partition coefficient (Wildman–Crippen LogP) is 2.92. The topological polar surface area (TPSA) is 35.6 Å². The number of halogens is 1. The Kier molecular flexibility index (Phi) is 6.45. The van der Waals surface area contributed by atoms with Crippen LogP contribution in [0.15, 0.2) is 42.5 Å². The summed E-state index contributed by atoms with van der Waals surface area (Å²) in [6.07, 6.45) is 0.513. The van der Waals surface area contributed by atoms with Gasteiger partial charge in [0.25, 0.3) is 0 Å². The van der Waals surface area contributed by atoms with E-state index in [4.69, 9.17) is 0 Å². The smallest absolute Gasteiger partial charge is 0.234 e. The third-order valence-electron chi connectivity index (χ3n) is 5.33. The Hall–Kier alpha value is -2.40. The quantitative estimate of drug-likeness (QED) is 0.850. The number of amides is 1. The van der Waals surface area contributed by atoms with Crippen LogP contribution in [0.4, 0.5) is 10.1 Å². The Morgan fingerprint density at radius 3 is 2.52 bits per heavy atom. The highest BCUT2D eigenvalue weighted by molar-refractivity contribution is 5.78. The lowest BCUT2D eigenvalue weighted by Crippen LogP contribution is -2.49. The minimum absolute atomic E-state index is 0.00604. The standard InChI is InChI=1S/C22H28FN3O/c1-17-6-5-9-21(18(17)2)26-14-12-25(13-15-26)16-22(27)24-11-10-19-7-3-4-8-20(19)23/h3-9H,10-16H2,1-2H3,(H,24,27). The van der Waals surface area contributed by atoms with Gasteiger partial charge < -0.3 is 10.2 Å². The molecular formula is C22H28FN3O. The molecule has 1 aliphatic rings. The largest absolute Gasteiger partial charge is 0.369 e. The number of rotatable bonds is 6. The van der Waals surface area contributed by atoms with E-state index in [9.17, 15) is 9.18 Å². The Morgan fingerprint density at radius 1 is 1.04 bits per heavy atom. The molecule has 5 heteroatoms. The minimum atomic E-state index is -0.214. The maximum atomic E-state index is 13.6. The van der Waals surface area contributed by atoms with Crippen molar-refractivity contribution < 1.29 is 9.18 Å². The molecule has 1 saturated heterocycles. The van der Waals surface area contributed by atoms with Gasteiger partial charge in [0.05, 0.1) is 6.54 Å². The van der Waals surface area contributed by atoms with Crippen molar-refractivity contribution in [1.82, 2.24) is 10.2 Å². The summed E-state index contributed by atoms with van der Waals surface area (Å²) in [6, 6.07) is 13.1. The van der Waals surface area contributed by atoms with Gasteiger partial charge in [0.15, 0.2) is 0 Å². The SMILES string of the molecule is Cc1cccc(N2CCN(CC(=O)NCCc3ccccc3F)CC2)c1C. The predicted molar refractivity (Wildman–Crippen MR) is 108 cm³/mol. The average molecular weight is 369 g/mol. The van der Waals surface area contributed by atoms with Crippen molar-refractivity contribution in [1.29, 1.82) is 0 Å². The molecule has 0 radical (unpaired) electrons. The molecule has 0 spiro atoms. The lowest BCUT2D eigenvalue weighted by molar-refractivity contribution is -0.122. The molecule has 0 aliphatic carbocycles. The van der Waals surface area contributed by atoms with E-state index in [1.807, 2.05) is 6.07 Å². The first-order valence-electron chi connectivity index (χ1n) is 9.58. The zero-order chi connectivity index (χ0) is 19.2. The van der Waals surface area contributed by atoms with Crippen molar-refractivity contribution in [3.05, 3.63) is 65.0 Å². The highest BCUT2D eigenvalue weighted by Crippen LogP contribution is 2.23. The molecule has 144 valence electrons. The lowest BCUT2D eigenvalue weighted by atomic mass is 10.1. The summed E-state index contributed by atoms with van der Waals surface area (Å²) < 4.78 is 13.6. The normalized spacial score (nSPS) is 15.0. The molecule has 27 heavy (non-hydrogen) atoms. The van der Waals surface area contributed by atoms with E-state index in [-0.39, 0.29) is 11.7 Å². The molecule has 1 N–H and O–H groups in total. The van der Waals surface area contributed by atoms with Crippen molar-refractivity contribution in [2.45, 2.75) is 20.3 Å².